The molecule has 10 nitrogen and oxygen atoms in total. The number of nitrogens with one attached hydrogen (secondary N) is 1. The van der Waals surface area contributed by atoms with Crippen molar-refractivity contribution < 1.29 is 40.6 Å². The average molecular weight is 544 g/mol. The maximum absolute atomic E-state index is 10.9. The minimum atomic E-state index is -4.13. The molecule has 16 heteroatoms. The fourth-order valence-corrected chi connectivity index (χ4v) is 17.2. The molecule has 1 aromatic carbocycles. The second kappa shape index (κ2) is 12.8. The molecule has 0 aromatic heterocycles. The van der Waals surface area contributed by atoms with Crippen LogP contribution in [-0.4, -0.2) is 72.4 Å². The van der Waals surface area contributed by atoms with E-state index in [1.807, 2.05) is 0 Å². The third-order valence-electron chi connectivity index (χ3n) is 2.54. The minimum absolute atomic E-state index is 0.248. The van der Waals surface area contributed by atoms with E-state index >= 15 is 0 Å². The third-order valence-corrected chi connectivity index (χ3v) is 18.3. The van der Waals surface area contributed by atoms with Crippen molar-refractivity contribution in [3.8, 4) is 0 Å². The second-order valence-corrected chi connectivity index (χ2v) is 20.2. The summed E-state index contributed by atoms with van der Waals surface area (Å²) in [6.07, 6.45) is 0. The average Bonchev–Trinajstić information content (AvgIpc) is 2.57. The van der Waals surface area contributed by atoms with Gasteiger partial charge in [0.25, 0.3) is 0 Å². The van der Waals surface area contributed by atoms with E-state index in [4.69, 9.17) is 14.4 Å². The van der Waals surface area contributed by atoms with Gasteiger partial charge in [0.05, 0.1) is 0 Å². The number of rotatable bonds is 14. The Labute approximate surface area is 172 Å². The standard InChI is InChI=1S/C11H18AsNO9S5/c14-21-22-25-6-5-23-12(24-7-8-26(15,16)17)10-1-3-11(4-2-10)13-9-27(18,19)20/h1-4,13-14H,5-9H2,(H,15,16,17)(H,18,19,20). The quantitative estimate of drug-likeness (QED) is 0.0659. The van der Waals surface area contributed by atoms with Crippen LogP contribution < -0.4 is 9.67 Å². The molecule has 0 aliphatic carbocycles. The van der Waals surface area contributed by atoms with E-state index in [0.717, 1.165) is 16.4 Å². The summed E-state index contributed by atoms with van der Waals surface area (Å²) in [5.41, 5.74) is 0.516. The molecule has 0 aliphatic heterocycles. The normalized spacial score (nSPS) is 13.4. The van der Waals surface area contributed by atoms with Gasteiger partial charge >= 0.3 is 174 Å². The van der Waals surface area contributed by atoms with Crippen LogP contribution >= 0.6 is 32.1 Å². The van der Waals surface area contributed by atoms with Gasteiger partial charge in [-0.3, -0.25) is 0 Å². The van der Waals surface area contributed by atoms with Crippen LogP contribution in [0.25, 0.3) is 0 Å². The molecule has 0 fully saturated rings. The molecule has 0 heterocycles. The van der Waals surface area contributed by atoms with Gasteiger partial charge in [0.1, 0.15) is 0 Å². The van der Waals surface area contributed by atoms with Gasteiger partial charge in [-0.25, -0.2) is 0 Å². The Balaban J connectivity index is 2.68. The van der Waals surface area contributed by atoms with E-state index in [0.29, 0.717) is 17.2 Å². The van der Waals surface area contributed by atoms with Gasteiger partial charge in [0, 0.05) is 0 Å². The Morgan fingerprint density at radius 2 is 1.59 bits per heavy atom. The van der Waals surface area contributed by atoms with Gasteiger partial charge < -0.3 is 0 Å². The molecule has 4 N–H and O–H groups in total. The van der Waals surface area contributed by atoms with Crippen LogP contribution in [-0.2, 0) is 29.6 Å². The first-order chi connectivity index (χ1) is 12.6. The van der Waals surface area contributed by atoms with Crippen LogP contribution in [0.3, 0.4) is 0 Å². The van der Waals surface area contributed by atoms with Gasteiger partial charge in [0.15, 0.2) is 0 Å². The fraction of sp³-hybridized carbons (Fsp3) is 0.455. The number of benzene rings is 1. The number of hydrogen-bond acceptors (Lipinski definition) is 11. The van der Waals surface area contributed by atoms with E-state index in [2.05, 4.69) is 14.7 Å². The predicted octanol–water partition coefficient (Wildman–Crippen LogP) is 1.06. The first kappa shape index (κ1) is 25.4. The summed E-state index contributed by atoms with van der Waals surface area (Å²) < 4.78 is 66.2. The zero-order valence-corrected chi connectivity index (χ0v) is 19.6. The van der Waals surface area contributed by atoms with E-state index in [-0.39, 0.29) is 11.5 Å². The van der Waals surface area contributed by atoms with Crippen molar-refractivity contribution in [3.63, 3.8) is 0 Å². The van der Waals surface area contributed by atoms with Crippen LogP contribution in [0.1, 0.15) is 0 Å². The molecule has 0 aliphatic rings. The van der Waals surface area contributed by atoms with Crippen molar-refractivity contribution in [1.82, 2.24) is 0 Å². The summed E-state index contributed by atoms with van der Waals surface area (Å²) in [6, 6.07) is 6.95. The van der Waals surface area contributed by atoms with Crippen molar-refractivity contribution in [2.24, 2.45) is 0 Å². The summed E-state index contributed by atoms with van der Waals surface area (Å²) in [5, 5.41) is 14.1. The first-order valence-electron chi connectivity index (χ1n) is 7.00. The number of hydrogen-bond donors (Lipinski definition) is 4. The van der Waals surface area contributed by atoms with Crippen molar-refractivity contribution >= 4 is 74.7 Å². The van der Waals surface area contributed by atoms with E-state index in [1.165, 1.54) is 10.0 Å². The predicted molar refractivity (Wildman–Crippen MR) is 110 cm³/mol. The van der Waals surface area contributed by atoms with Crippen molar-refractivity contribution in [2.75, 3.05) is 34.2 Å². The molecule has 0 radical (unpaired) electrons. The van der Waals surface area contributed by atoms with Gasteiger partial charge in [-0.1, -0.05) is 0 Å². The summed E-state index contributed by atoms with van der Waals surface area (Å²) in [4.78, 5) is 0. The fourth-order valence-electron chi connectivity index (χ4n) is 1.50. The molecule has 0 saturated heterocycles. The van der Waals surface area contributed by atoms with E-state index in [1.54, 1.807) is 34.3 Å². The van der Waals surface area contributed by atoms with Crippen LogP contribution in [0.5, 0.6) is 0 Å². The Morgan fingerprint density at radius 3 is 2.15 bits per heavy atom. The Morgan fingerprint density at radius 1 is 0.963 bits per heavy atom. The molecule has 1 atom stereocenters. The molecule has 1 unspecified atom stereocenters. The summed E-state index contributed by atoms with van der Waals surface area (Å²) in [7, 11) is -5.05. The van der Waals surface area contributed by atoms with Gasteiger partial charge in [-0.15, -0.1) is 0 Å². The SMILES string of the molecule is O=S(=O)(O)CCS[As](SCCSOOO)c1ccc(NCS(=O)(=O)O)cc1. The molecule has 0 amide bonds. The molecular weight excluding hydrogens is 525 g/mol. The molecule has 0 spiro atoms. The van der Waals surface area contributed by atoms with Crippen molar-refractivity contribution in [1.29, 1.82) is 0 Å². The number of anilines is 1. The van der Waals surface area contributed by atoms with Crippen LogP contribution in [0.2, 0.25) is 0 Å². The van der Waals surface area contributed by atoms with E-state index < -0.39 is 38.5 Å². The van der Waals surface area contributed by atoms with Crippen LogP contribution in [0.15, 0.2) is 24.3 Å². The van der Waals surface area contributed by atoms with Crippen molar-refractivity contribution in [3.05, 3.63) is 24.3 Å². The molecule has 1 aromatic rings. The van der Waals surface area contributed by atoms with Crippen LogP contribution in [0, 0.1) is 0 Å². The molecule has 0 saturated carbocycles. The first-order valence-corrected chi connectivity index (χ1v) is 18.6. The topological polar surface area (TPSA) is 159 Å². The maximum atomic E-state index is 10.9. The molecule has 1 rings (SSSR count). The summed E-state index contributed by atoms with van der Waals surface area (Å²) in [6.45, 7) is 0. The molecule has 27 heavy (non-hydrogen) atoms. The summed E-state index contributed by atoms with van der Waals surface area (Å²) >= 11 is -0.871. The Hall–Kier alpha value is 0.328. The molecule has 156 valence electrons. The third kappa shape index (κ3) is 13.2. The monoisotopic (exact) mass is 543 g/mol. The molecule has 0 bridgehead atoms. The Bertz CT molecular complexity index is 759. The molecular formula is C11H18AsNO9S5. The zero-order chi connectivity index (χ0) is 20.3. The van der Waals surface area contributed by atoms with Gasteiger partial charge in [-0.05, 0) is 0 Å². The summed E-state index contributed by atoms with van der Waals surface area (Å²) in [5.74, 6) is 0.500. The van der Waals surface area contributed by atoms with Gasteiger partial charge in [-0.2, -0.15) is 0 Å². The zero-order valence-electron chi connectivity index (χ0n) is 13.6. The van der Waals surface area contributed by atoms with E-state index in [9.17, 15) is 16.8 Å². The van der Waals surface area contributed by atoms with Gasteiger partial charge in [0.2, 0.25) is 0 Å². The Kier molecular flexibility index (Phi) is 12.0. The van der Waals surface area contributed by atoms with Crippen LogP contribution in [0.4, 0.5) is 5.69 Å². The second-order valence-electron chi connectivity index (χ2n) is 4.62. The van der Waals surface area contributed by atoms with Crippen molar-refractivity contribution in [2.45, 2.75) is 0 Å².